The van der Waals surface area contributed by atoms with Crippen LogP contribution < -0.4 is 22.9 Å². The molecule has 0 unspecified atom stereocenters. The lowest BCUT2D eigenvalue weighted by atomic mass is 10.3. The topological polar surface area (TPSA) is 130 Å². The fourth-order valence-corrected chi connectivity index (χ4v) is 0.316. The summed E-state index contributed by atoms with van der Waals surface area (Å²) < 4.78 is 4.53. The van der Waals surface area contributed by atoms with E-state index in [0.717, 1.165) is 0 Å². The number of ether oxygens (including phenoxy) is 1. The second kappa shape index (κ2) is 3.63. The van der Waals surface area contributed by atoms with Gasteiger partial charge in [0, 0.05) is 5.57 Å². The Morgan fingerprint density at radius 3 is 2.17 bits per heavy atom. The monoisotopic (exact) mass is 174 g/mol. The first-order valence-corrected chi connectivity index (χ1v) is 3.25. The Bertz CT molecular complexity index is 200. The Labute approximate surface area is 70.5 Å². The quantitative estimate of drug-likeness (QED) is 0.221. The van der Waals surface area contributed by atoms with E-state index in [-0.39, 0.29) is 5.57 Å². The predicted octanol–water partition coefficient (Wildman–Crippen LogP) is -2.08. The van der Waals surface area contributed by atoms with Crippen molar-refractivity contribution in [2.24, 2.45) is 22.9 Å². The van der Waals surface area contributed by atoms with Crippen molar-refractivity contribution in [2.45, 2.75) is 18.9 Å². The third-order valence-corrected chi connectivity index (χ3v) is 1.14. The highest BCUT2D eigenvalue weighted by atomic mass is 16.6. The van der Waals surface area contributed by atoms with Crippen LogP contribution in [0.4, 0.5) is 0 Å². The van der Waals surface area contributed by atoms with E-state index in [2.05, 4.69) is 11.3 Å². The highest BCUT2D eigenvalue weighted by Gasteiger charge is 2.29. The molecule has 0 amide bonds. The van der Waals surface area contributed by atoms with Crippen molar-refractivity contribution in [3.63, 3.8) is 0 Å². The van der Waals surface area contributed by atoms with Crippen molar-refractivity contribution in [1.82, 2.24) is 0 Å². The highest BCUT2D eigenvalue weighted by Crippen LogP contribution is 2.00. The first kappa shape index (κ1) is 11.1. The van der Waals surface area contributed by atoms with Gasteiger partial charge in [-0.15, -0.1) is 0 Å². The van der Waals surface area contributed by atoms with E-state index in [9.17, 15) is 4.79 Å². The van der Waals surface area contributed by atoms with Crippen LogP contribution in [0.15, 0.2) is 12.2 Å². The maximum Gasteiger partial charge on any atom is 0.335 e. The molecule has 0 rings (SSSR count). The molecule has 0 bridgehead atoms. The number of hydrogen-bond acceptors (Lipinski definition) is 6. The van der Waals surface area contributed by atoms with Crippen LogP contribution in [0.5, 0.6) is 0 Å². The van der Waals surface area contributed by atoms with Gasteiger partial charge in [0.05, 0.1) is 0 Å². The van der Waals surface area contributed by atoms with E-state index in [1.54, 1.807) is 0 Å². The molecule has 0 aliphatic carbocycles. The van der Waals surface area contributed by atoms with Crippen molar-refractivity contribution in [1.29, 1.82) is 0 Å². The van der Waals surface area contributed by atoms with Gasteiger partial charge in [0.25, 0.3) is 0 Å². The minimum atomic E-state index is -1.85. The summed E-state index contributed by atoms with van der Waals surface area (Å²) in [7, 11) is 0. The molecule has 0 heterocycles. The van der Waals surface area contributed by atoms with Gasteiger partial charge in [-0.05, 0) is 6.92 Å². The Balaban J connectivity index is 4.25. The van der Waals surface area contributed by atoms with E-state index in [0.29, 0.717) is 0 Å². The number of hydrogen-bond donors (Lipinski definition) is 4. The highest BCUT2D eigenvalue weighted by molar-refractivity contribution is 5.87. The van der Waals surface area contributed by atoms with Crippen LogP contribution in [0.25, 0.3) is 0 Å². The molecule has 0 atom stereocenters. The van der Waals surface area contributed by atoms with Crippen LogP contribution >= 0.6 is 0 Å². The number of carbonyl (C=O) groups excluding carboxylic acids is 1. The van der Waals surface area contributed by atoms with Crippen molar-refractivity contribution in [3.05, 3.63) is 12.2 Å². The number of rotatable bonds is 3. The predicted molar refractivity (Wildman–Crippen MR) is 44.2 cm³/mol. The molecule has 0 aliphatic heterocycles. The number of carbonyl (C=O) groups is 1. The average molecular weight is 174 g/mol. The van der Waals surface area contributed by atoms with E-state index >= 15 is 0 Å². The van der Waals surface area contributed by atoms with Gasteiger partial charge in [-0.3, -0.25) is 11.5 Å². The molecule has 0 saturated carbocycles. The van der Waals surface area contributed by atoms with E-state index in [1.165, 1.54) is 6.92 Å². The Kier molecular flexibility index (Phi) is 3.35. The third kappa shape index (κ3) is 2.97. The second-order valence-corrected chi connectivity index (χ2v) is 2.55. The molecule has 0 aromatic rings. The van der Waals surface area contributed by atoms with Crippen LogP contribution in [-0.2, 0) is 9.53 Å². The standard InChI is InChI=1S/C6H14N4O2/c1-3(2)4(11)12-6(9,10)5(7)8/h5H,1,7-10H2,2H3. The Morgan fingerprint density at radius 1 is 1.50 bits per heavy atom. The molecule has 12 heavy (non-hydrogen) atoms. The zero-order valence-electron chi connectivity index (χ0n) is 6.91. The zero-order chi connectivity index (χ0) is 9.94. The molecule has 0 aromatic carbocycles. The van der Waals surface area contributed by atoms with Gasteiger partial charge in [0.1, 0.15) is 6.17 Å². The Morgan fingerprint density at radius 2 is 1.92 bits per heavy atom. The maximum atomic E-state index is 10.9. The smallest absolute Gasteiger partial charge is 0.335 e. The largest absolute Gasteiger partial charge is 0.424 e. The summed E-state index contributed by atoms with van der Waals surface area (Å²) in [5.41, 5.74) is 20.9. The number of esters is 1. The van der Waals surface area contributed by atoms with E-state index in [4.69, 9.17) is 22.9 Å². The van der Waals surface area contributed by atoms with Crippen LogP contribution in [0.2, 0.25) is 0 Å². The van der Waals surface area contributed by atoms with Crippen LogP contribution in [-0.4, -0.2) is 18.0 Å². The fraction of sp³-hybridized carbons (Fsp3) is 0.500. The molecular weight excluding hydrogens is 160 g/mol. The van der Waals surface area contributed by atoms with Gasteiger partial charge in [-0.2, -0.15) is 0 Å². The maximum absolute atomic E-state index is 10.9. The number of nitrogens with two attached hydrogens (primary N) is 4. The van der Waals surface area contributed by atoms with Crippen LogP contribution in [0.1, 0.15) is 6.92 Å². The lowest BCUT2D eigenvalue weighted by molar-refractivity contribution is -0.156. The molecule has 6 nitrogen and oxygen atoms in total. The molecule has 0 radical (unpaired) electrons. The fourth-order valence-electron chi connectivity index (χ4n) is 0.316. The first-order chi connectivity index (χ1) is 5.27. The summed E-state index contributed by atoms with van der Waals surface area (Å²) in [5, 5.41) is 0. The normalized spacial score (nSPS) is 11.5. The van der Waals surface area contributed by atoms with Gasteiger partial charge in [0.15, 0.2) is 0 Å². The summed E-state index contributed by atoms with van der Waals surface area (Å²) in [6, 6.07) is 0. The summed E-state index contributed by atoms with van der Waals surface area (Å²) in [6.07, 6.45) is -1.14. The van der Waals surface area contributed by atoms with E-state index in [1.807, 2.05) is 0 Å². The zero-order valence-corrected chi connectivity index (χ0v) is 6.91. The average Bonchev–Trinajstić information content (AvgIpc) is 1.85. The molecule has 8 N–H and O–H groups in total. The summed E-state index contributed by atoms with van der Waals surface area (Å²) >= 11 is 0. The minimum Gasteiger partial charge on any atom is -0.424 e. The van der Waals surface area contributed by atoms with Crippen molar-refractivity contribution < 1.29 is 9.53 Å². The summed E-state index contributed by atoms with van der Waals surface area (Å²) in [5.74, 6) is -2.57. The van der Waals surface area contributed by atoms with Crippen molar-refractivity contribution in [2.75, 3.05) is 0 Å². The second-order valence-electron chi connectivity index (χ2n) is 2.55. The molecule has 70 valence electrons. The molecule has 0 saturated heterocycles. The lowest BCUT2D eigenvalue weighted by Crippen LogP contribution is -2.68. The molecular formula is C6H14N4O2. The third-order valence-electron chi connectivity index (χ3n) is 1.14. The molecule has 6 heteroatoms. The molecule has 0 aromatic heterocycles. The van der Waals surface area contributed by atoms with Gasteiger partial charge in [-0.25, -0.2) is 4.79 Å². The van der Waals surface area contributed by atoms with Crippen molar-refractivity contribution >= 4 is 5.97 Å². The molecule has 0 fully saturated rings. The van der Waals surface area contributed by atoms with E-state index < -0.39 is 18.0 Å². The minimum absolute atomic E-state index is 0.177. The molecule has 0 aliphatic rings. The van der Waals surface area contributed by atoms with Crippen LogP contribution in [0, 0.1) is 0 Å². The first-order valence-electron chi connectivity index (χ1n) is 3.25. The summed E-state index contributed by atoms with van der Waals surface area (Å²) in [4.78, 5) is 10.9. The lowest BCUT2D eigenvalue weighted by Gasteiger charge is -2.27. The molecule has 0 spiro atoms. The Hall–Kier alpha value is -0.950. The van der Waals surface area contributed by atoms with Crippen LogP contribution in [0.3, 0.4) is 0 Å². The SMILES string of the molecule is C=C(C)C(=O)OC(N)(N)C(N)N. The van der Waals surface area contributed by atoms with Gasteiger partial charge < -0.3 is 16.2 Å². The van der Waals surface area contributed by atoms with Gasteiger partial charge in [-0.1, -0.05) is 6.58 Å². The van der Waals surface area contributed by atoms with Crippen molar-refractivity contribution in [3.8, 4) is 0 Å². The van der Waals surface area contributed by atoms with Gasteiger partial charge >= 0.3 is 5.97 Å². The summed E-state index contributed by atoms with van der Waals surface area (Å²) in [6.45, 7) is 4.79. The van der Waals surface area contributed by atoms with Gasteiger partial charge in [0.2, 0.25) is 5.85 Å².